The first-order valence-corrected chi connectivity index (χ1v) is 8.12. The molecule has 0 radical (unpaired) electrons. The van der Waals surface area contributed by atoms with E-state index in [9.17, 15) is 4.79 Å². The van der Waals surface area contributed by atoms with E-state index in [-0.39, 0.29) is 5.91 Å². The van der Waals surface area contributed by atoms with Gasteiger partial charge in [0.2, 0.25) is 5.91 Å². The van der Waals surface area contributed by atoms with Crippen LogP contribution in [0.15, 0.2) is 66.9 Å². The third-order valence-electron chi connectivity index (χ3n) is 3.99. The minimum atomic E-state index is -0.0139. The first kappa shape index (κ1) is 16.0. The number of anilines is 1. The van der Waals surface area contributed by atoms with Crippen molar-refractivity contribution in [2.45, 2.75) is 26.3 Å². The summed E-state index contributed by atoms with van der Waals surface area (Å²) < 4.78 is 1.84. The molecule has 1 heterocycles. The number of nitrogens with zero attached hydrogens (tertiary/aromatic N) is 2. The Bertz CT molecular complexity index is 809. The maximum Gasteiger partial charge on any atom is 0.225 e. The quantitative estimate of drug-likeness (QED) is 0.751. The summed E-state index contributed by atoms with van der Waals surface area (Å²) in [5.74, 6) is 0.585. The van der Waals surface area contributed by atoms with Crippen LogP contribution in [0.5, 0.6) is 0 Å². The standard InChI is InChI=1S/C20H21N3O/c1-16-7-5-6-10-18(16)15-23-14-13-19(22-23)21-20(24)12-11-17-8-3-2-4-9-17/h2-10,13-14H,11-12,15H2,1H3,(H,21,22,24). The summed E-state index contributed by atoms with van der Waals surface area (Å²) in [6, 6.07) is 20.1. The van der Waals surface area contributed by atoms with Crippen LogP contribution in [0.2, 0.25) is 0 Å². The topological polar surface area (TPSA) is 46.9 Å². The van der Waals surface area contributed by atoms with Crippen LogP contribution in [0.3, 0.4) is 0 Å². The highest BCUT2D eigenvalue weighted by Crippen LogP contribution is 2.11. The lowest BCUT2D eigenvalue weighted by Gasteiger charge is -2.06. The van der Waals surface area contributed by atoms with E-state index in [4.69, 9.17) is 0 Å². The van der Waals surface area contributed by atoms with Crippen LogP contribution in [-0.2, 0) is 17.8 Å². The smallest absolute Gasteiger partial charge is 0.225 e. The van der Waals surface area contributed by atoms with E-state index in [1.54, 1.807) is 0 Å². The first-order chi connectivity index (χ1) is 11.7. The SMILES string of the molecule is Cc1ccccc1Cn1ccc(NC(=O)CCc2ccccc2)n1. The summed E-state index contributed by atoms with van der Waals surface area (Å²) in [5.41, 5.74) is 3.63. The summed E-state index contributed by atoms with van der Waals surface area (Å²) >= 11 is 0. The van der Waals surface area contributed by atoms with Crippen LogP contribution in [0, 0.1) is 6.92 Å². The molecule has 0 saturated carbocycles. The molecule has 3 aromatic rings. The van der Waals surface area contributed by atoms with Crippen LogP contribution in [-0.4, -0.2) is 15.7 Å². The fourth-order valence-corrected chi connectivity index (χ4v) is 2.59. The van der Waals surface area contributed by atoms with E-state index < -0.39 is 0 Å². The number of aryl methyl sites for hydroxylation is 2. The zero-order valence-electron chi connectivity index (χ0n) is 13.8. The average molecular weight is 319 g/mol. The predicted molar refractivity (Wildman–Crippen MR) is 95.9 cm³/mol. The van der Waals surface area contributed by atoms with Gasteiger partial charge in [0.25, 0.3) is 0 Å². The molecule has 0 atom stereocenters. The Hall–Kier alpha value is -2.88. The molecule has 0 aliphatic heterocycles. The van der Waals surface area contributed by atoms with Gasteiger partial charge in [-0.15, -0.1) is 0 Å². The highest BCUT2D eigenvalue weighted by Gasteiger charge is 2.06. The molecule has 122 valence electrons. The molecule has 1 N–H and O–H groups in total. The molecule has 0 bridgehead atoms. The molecular formula is C20H21N3O. The lowest BCUT2D eigenvalue weighted by Crippen LogP contribution is -2.13. The molecule has 3 rings (SSSR count). The summed E-state index contributed by atoms with van der Waals surface area (Å²) in [6.07, 6.45) is 3.07. The summed E-state index contributed by atoms with van der Waals surface area (Å²) in [7, 11) is 0. The third kappa shape index (κ3) is 4.32. The monoisotopic (exact) mass is 319 g/mol. The van der Waals surface area contributed by atoms with Crippen molar-refractivity contribution >= 4 is 11.7 Å². The fourth-order valence-electron chi connectivity index (χ4n) is 2.59. The number of benzene rings is 2. The largest absolute Gasteiger partial charge is 0.309 e. The fraction of sp³-hybridized carbons (Fsp3) is 0.200. The molecule has 4 heteroatoms. The van der Waals surface area contributed by atoms with Gasteiger partial charge in [-0.1, -0.05) is 54.6 Å². The van der Waals surface area contributed by atoms with Gasteiger partial charge in [0.05, 0.1) is 6.54 Å². The van der Waals surface area contributed by atoms with Crippen LogP contribution in [0.25, 0.3) is 0 Å². The molecule has 24 heavy (non-hydrogen) atoms. The van der Waals surface area contributed by atoms with Crippen LogP contribution in [0.1, 0.15) is 23.1 Å². The first-order valence-electron chi connectivity index (χ1n) is 8.12. The van der Waals surface area contributed by atoms with Gasteiger partial charge in [0, 0.05) is 18.7 Å². The average Bonchev–Trinajstić information content (AvgIpc) is 3.03. The molecule has 1 aromatic heterocycles. The van der Waals surface area contributed by atoms with Gasteiger partial charge in [0.15, 0.2) is 5.82 Å². The molecule has 4 nitrogen and oxygen atoms in total. The Morgan fingerprint density at radius 2 is 1.79 bits per heavy atom. The Labute approximate surface area is 142 Å². The minimum absolute atomic E-state index is 0.0139. The van der Waals surface area contributed by atoms with Gasteiger partial charge in [-0.05, 0) is 30.0 Å². The van der Waals surface area contributed by atoms with Crippen molar-refractivity contribution in [3.63, 3.8) is 0 Å². The Balaban J connectivity index is 1.54. The van der Waals surface area contributed by atoms with Crippen molar-refractivity contribution in [1.29, 1.82) is 0 Å². The van der Waals surface area contributed by atoms with E-state index in [2.05, 4.69) is 29.5 Å². The van der Waals surface area contributed by atoms with E-state index in [0.29, 0.717) is 18.8 Å². The number of carbonyl (C=O) groups is 1. The van der Waals surface area contributed by atoms with Crippen LogP contribution >= 0.6 is 0 Å². The number of carbonyl (C=O) groups excluding carboxylic acids is 1. The van der Waals surface area contributed by atoms with Crippen molar-refractivity contribution < 1.29 is 4.79 Å². The zero-order valence-corrected chi connectivity index (χ0v) is 13.8. The van der Waals surface area contributed by atoms with Crippen molar-refractivity contribution in [2.24, 2.45) is 0 Å². The molecule has 0 aliphatic carbocycles. The van der Waals surface area contributed by atoms with Gasteiger partial charge in [0.1, 0.15) is 0 Å². The Morgan fingerprint density at radius 1 is 1.04 bits per heavy atom. The highest BCUT2D eigenvalue weighted by atomic mass is 16.1. The number of rotatable bonds is 6. The maximum atomic E-state index is 12.0. The van der Waals surface area contributed by atoms with E-state index >= 15 is 0 Å². The molecule has 1 amide bonds. The number of hydrogen-bond donors (Lipinski definition) is 1. The molecule has 0 spiro atoms. The zero-order chi connectivity index (χ0) is 16.8. The Morgan fingerprint density at radius 3 is 2.58 bits per heavy atom. The Kier molecular flexibility index (Phi) is 5.06. The van der Waals surface area contributed by atoms with Crippen molar-refractivity contribution in [2.75, 3.05) is 5.32 Å². The van der Waals surface area contributed by atoms with E-state index in [1.165, 1.54) is 11.1 Å². The van der Waals surface area contributed by atoms with Gasteiger partial charge in [-0.25, -0.2) is 0 Å². The normalized spacial score (nSPS) is 10.5. The number of aromatic nitrogens is 2. The van der Waals surface area contributed by atoms with Crippen LogP contribution < -0.4 is 5.32 Å². The lowest BCUT2D eigenvalue weighted by atomic mass is 10.1. The molecule has 2 aromatic carbocycles. The second kappa shape index (κ2) is 7.59. The third-order valence-corrected chi connectivity index (χ3v) is 3.99. The molecular weight excluding hydrogens is 298 g/mol. The van der Waals surface area contributed by atoms with Crippen LogP contribution in [0.4, 0.5) is 5.82 Å². The van der Waals surface area contributed by atoms with E-state index in [1.807, 2.05) is 59.4 Å². The lowest BCUT2D eigenvalue weighted by molar-refractivity contribution is -0.116. The molecule has 0 fully saturated rings. The number of amides is 1. The van der Waals surface area contributed by atoms with Crippen molar-refractivity contribution in [3.8, 4) is 0 Å². The summed E-state index contributed by atoms with van der Waals surface area (Å²) in [5, 5.41) is 7.29. The van der Waals surface area contributed by atoms with E-state index in [0.717, 1.165) is 12.0 Å². The second-order valence-corrected chi connectivity index (χ2v) is 5.86. The maximum absolute atomic E-state index is 12.0. The second-order valence-electron chi connectivity index (χ2n) is 5.86. The molecule has 0 saturated heterocycles. The molecule has 0 aliphatic rings. The number of nitrogens with one attached hydrogen (secondary N) is 1. The molecule has 0 unspecified atom stereocenters. The summed E-state index contributed by atoms with van der Waals surface area (Å²) in [6.45, 7) is 2.79. The van der Waals surface area contributed by atoms with Gasteiger partial charge >= 0.3 is 0 Å². The van der Waals surface area contributed by atoms with Gasteiger partial charge < -0.3 is 5.32 Å². The van der Waals surface area contributed by atoms with Crippen molar-refractivity contribution in [3.05, 3.63) is 83.6 Å². The van der Waals surface area contributed by atoms with Gasteiger partial charge in [-0.2, -0.15) is 5.10 Å². The highest BCUT2D eigenvalue weighted by molar-refractivity contribution is 5.89. The summed E-state index contributed by atoms with van der Waals surface area (Å²) in [4.78, 5) is 12.0. The number of hydrogen-bond acceptors (Lipinski definition) is 2. The van der Waals surface area contributed by atoms with Gasteiger partial charge in [-0.3, -0.25) is 9.48 Å². The predicted octanol–water partition coefficient (Wildman–Crippen LogP) is 3.81. The van der Waals surface area contributed by atoms with Crippen molar-refractivity contribution in [1.82, 2.24) is 9.78 Å². The minimum Gasteiger partial charge on any atom is -0.309 e.